The van der Waals surface area contributed by atoms with E-state index in [-0.39, 0.29) is 12.5 Å². The molecule has 1 amide bonds. The Kier molecular flexibility index (Phi) is 7.27. The third kappa shape index (κ3) is 4.97. The first kappa shape index (κ1) is 23.5. The number of H-pyrrole nitrogens is 1. The Morgan fingerprint density at radius 3 is 2.62 bits per heavy atom. The van der Waals surface area contributed by atoms with Crippen molar-refractivity contribution in [3.8, 4) is 22.9 Å². The minimum absolute atomic E-state index is 0.0725. The van der Waals surface area contributed by atoms with Gasteiger partial charge in [0, 0.05) is 24.7 Å². The van der Waals surface area contributed by atoms with Gasteiger partial charge in [-0.15, -0.1) is 0 Å². The number of fused-ring (bicyclic) bond motifs is 1. The van der Waals surface area contributed by atoms with Gasteiger partial charge in [0.15, 0.2) is 10.6 Å². The van der Waals surface area contributed by atoms with E-state index in [4.69, 9.17) is 21.7 Å². The van der Waals surface area contributed by atoms with Gasteiger partial charge < -0.3 is 14.4 Å². The van der Waals surface area contributed by atoms with Gasteiger partial charge in [0.25, 0.3) is 0 Å². The van der Waals surface area contributed by atoms with Gasteiger partial charge in [-0.3, -0.25) is 14.5 Å². The van der Waals surface area contributed by atoms with Gasteiger partial charge in [-0.05, 0) is 59.7 Å². The third-order valence-corrected chi connectivity index (χ3v) is 5.99. The van der Waals surface area contributed by atoms with Gasteiger partial charge in [-0.25, -0.2) is 0 Å². The summed E-state index contributed by atoms with van der Waals surface area (Å²) >= 11 is 5.42. The summed E-state index contributed by atoms with van der Waals surface area (Å²) in [5.41, 5.74) is 1.83. The number of aromatic amines is 1. The molecular weight excluding hydrogens is 448 g/mol. The molecule has 0 radical (unpaired) electrons. The summed E-state index contributed by atoms with van der Waals surface area (Å²) in [7, 11) is 3.42. The van der Waals surface area contributed by atoms with E-state index in [0.717, 1.165) is 39.8 Å². The number of hydrogen-bond acceptors (Lipinski definition) is 5. The molecule has 0 bridgehead atoms. The van der Waals surface area contributed by atoms with Crippen LogP contribution in [0.2, 0.25) is 0 Å². The van der Waals surface area contributed by atoms with E-state index in [9.17, 15) is 4.79 Å². The molecule has 4 rings (SSSR count). The van der Waals surface area contributed by atoms with Crippen molar-refractivity contribution < 1.29 is 14.3 Å². The Bertz CT molecular complexity index is 1340. The van der Waals surface area contributed by atoms with E-state index in [1.54, 1.807) is 23.6 Å². The molecule has 1 aromatic heterocycles. The molecule has 0 unspecified atom stereocenters. The molecule has 0 atom stereocenters. The molecule has 0 aliphatic carbocycles. The highest BCUT2D eigenvalue weighted by Gasteiger charge is 2.18. The number of carbonyl (C=O) groups excluding carboxylic acids is 1. The Hall–Kier alpha value is -3.65. The summed E-state index contributed by atoms with van der Waals surface area (Å²) in [5, 5.41) is 9.34. The van der Waals surface area contributed by atoms with Gasteiger partial charge in [0.2, 0.25) is 5.91 Å². The summed E-state index contributed by atoms with van der Waals surface area (Å²) in [6, 6.07) is 19.7. The number of nitrogens with zero attached hydrogens (tertiary/aromatic N) is 3. The average molecular weight is 477 g/mol. The summed E-state index contributed by atoms with van der Waals surface area (Å²) in [4.78, 5) is 15.0. The number of carbonyl (C=O) groups is 1. The first-order valence-electron chi connectivity index (χ1n) is 11.2. The van der Waals surface area contributed by atoms with Crippen LogP contribution in [0.15, 0.2) is 60.7 Å². The fourth-order valence-corrected chi connectivity index (χ4v) is 4.03. The molecule has 0 saturated heterocycles. The van der Waals surface area contributed by atoms with Crippen molar-refractivity contribution in [1.82, 2.24) is 19.7 Å². The Morgan fingerprint density at radius 2 is 1.88 bits per heavy atom. The fourth-order valence-electron chi connectivity index (χ4n) is 3.83. The van der Waals surface area contributed by atoms with Gasteiger partial charge >= 0.3 is 0 Å². The van der Waals surface area contributed by atoms with Crippen molar-refractivity contribution in [2.75, 3.05) is 20.8 Å². The molecule has 0 aliphatic heterocycles. The van der Waals surface area contributed by atoms with Crippen LogP contribution in [0.25, 0.3) is 22.2 Å². The Balaban J connectivity index is 1.58. The van der Waals surface area contributed by atoms with Gasteiger partial charge in [-0.1, -0.05) is 37.3 Å². The molecule has 4 aromatic rings. The van der Waals surface area contributed by atoms with Crippen LogP contribution in [-0.2, 0) is 17.9 Å². The molecule has 0 aliphatic rings. The maximum Gasteiger partial charge on any atom is 0.242 e. The van der Waals surface area contributed by atoms with Crippen LogP contribution in [0.3, 0.4) is 0 Å². The normalized spacial score (nSPS) is 10.9. The molecule has 34 heavy (non-hydrogen) atoms. The number of likely N-dealkylation sites (N-methyl/N-ethyl adjacent to an activating group) is 1. The lowest BCUT2D eigenvalue weighted by Gasteiger charge is -2.21. The number of ether oxygens (including phenoxy) is 2. The summed E-state index contributed by atoms with van der Waals surface area (Å²) in [5.74, 6) is 2.07. The van der Waals surface area contributed by atoms with E-state index in [1.165, 1.54) is 0 Å². The highest BCUT2D eigenvalue weighted by Crippen LogP contribution is 2.29. The highest BCUT2D eigenvalue weighted by atomic mass is 32.1. The van der Waals surface area contributed by atoms with Crippen LogP contribution in [0.4, 0.5) is 0 Å². The summed E-state index contributed by atoms with van der Waals surface area (Å²) < 4.78 is 13.4. The van der Waals surface area contributed by atoms with Gasteiger partial charge in [0.1, 0.15) is 18.0 Å². The number of rotatable bonds is 9. The predicted octanol–water partition coefficient (Wildman–Crippen LogP) is 5.22. The first-order chi connectivity index (χ1) is 16.5. The second kappa shape index (κ2) is 10.5. The number of benzene rings is 3. The minimum Gasteiger partial charge on any atom is -0.497 e. The molecule has 8 heteroatoms. The van der Waals surface area contributed by atoms with Crippen LogP contribution >= 0.6 is 12.2 Å². The van der Waals surface area contributed by atoms with Crippen molar-refractivity contribution >= 4 is 28.9 Å². The lowest BCUT2D eigenvalue weighted by molar-refractivity contribution is -0.131. The zero-order valence-corrected chi connectivity index (χ0v) is 20.4. The van der Waals surface area contributed by atoms with Crippen LogP contribution < -0.4 is 9.47 Å². The van der Waals surface area contributed by atoms with Gasteiger partial charge in [0.05, 0.1) is 13.7 Å². The Labute approximate surface area is 203 Å². The molecule has 3 aromatic carbocycles. The number of nitrogens with one attached hydrogen (secondary N) is 1. The topological polar surface area (TPSA) is 72.4 Å². The van der Waals surface area contributed by atoms with Crippen LogP contribution in [0, 0.1) is 4.77 Å². The SMILES string of the molecule is CCCOc1ccc2ccccc2c1CN(C)C(=O)Cn1c(-c2ccc(OC)cc2)n[nH]c1=S. The lowest BCUT2D eigenvalue weighted by atomic mass is 10.0. The summed E-state index contributed by atoms with van der Waals surface area (Å²) in [6.45, 7) is 3.19. The van der Waals surface area contributed by atoms with Crippen molar-refractivity contribution in [3.05, 3.63) is 71.0 Å². The van der Waals surface area contributed by atoms with Gasteiger partial charge in [-0.2, -0.15) is 5.10 Å². The standard InChI is InChI=1S/C26H28N4O3S/c1-4-15-33-23-14-11-18-7-5-6-8-21(18)22(23)16-29(2)24(31)17-30-25(27-28-26(30)34)19-9-12-20(32-3)13-10-19/h5-14H,4,15-17H2,1-3H3,(H,28,34). The highest BCUT2D eigenvalue weighted by molar-refractivity contribution is 7.71. The number of methoxy groups -OCH3 is 1. The largest absolute Gasteiger partial charge is 0.497 e. The van der Waals surface area contributed by atoms with Crippen molar-refractivity contribution in [2.24, 2.45) is 0 Å². The molecule has 7 nitrogen and oxygen atoms in total. The second-order valence-electron chi connectivity index (χ2n) is 8.03. The molecule has 176 valence electrons. The van der Waals surface area contributed by atoms with Crippen LogP contribution in [0.5, 0.6) is 11.5 Å². The molecular formula is C26H28N4O3S. The average Bonchev–Trinajstić information content (AvgIpc) is 3.23. The predicted molar refractivity (Wildman–Crippen MR) is 136 cm³/mol. The van der Waals surface area contributed by atoms with E-state index in [2.05, 4.69) is 35.3 Å². The zero-order chi connectivity index (χ0) is 24.1. The van der Waals surface area contributed by atoms with Crippen LogP contribution in [-0.4, -0.2) is 46.3 Å². The van der Waals surface area contributed by atoms with E-state index in [1.807, 2.05) is 42.5 Å². The molecule has 0 spiro atoms. The monoisotopic (exact) mass is 476 g/mol. The fraction of sp³-hybridized carbons (Fsp3) is 0.269. The zero-order valence-electron chi connectivity index (χ0n) is 19.6. The van der Waals surface area contributed by atoms with Crippen LogP contribution in [0.1, 0.15) is 18.9 Å². The molecule has 0 fully saturated rings. The number of amides is 1. The molecule has 1 heterocycles. The third-order valence-electron chi connectivity index (χ3n) is 5.68. The summed E-state index contributed by atoms with van der Waals surface area (Å²) in [6.07, 6.45) is 0.911. The first-order valence-corrected chi connectivity index (χ1v) is 11.6. The maximum atomic E-state index is 13.3. The van der Waals surface area contributed by atoms with E-state index >= 15 is 0 Å². The second-order valence-corrected chi connectivity index (χ2v) is 8.42. The minimum atomic E-state index is -0.0818. The quantitative estimate of drug-likeness (QED) is 0.336. The smallest absolute Gasteiger partial charge is 0.242 e. The van der Waals surface area contributed by atoms with E-state index in [0.29, 0.717) is 23.7 Å². The van der Waals surface area contributed by atoms with Crippen molar-refractivity contribution in [1.29, 1.82) is 0 Å². The molecule has 1 N–H and O–H groups in total. The van der Waals surface area contributed by atoms with Crippen molar-refractivity contribution in [2.45, 2.75) is 26.4 Å². The molecule has 0 saturated carbocycles. The van der Waals surface area contributed by atoms with Crippen molar-refractivity contribution in [3.63, 3.8) is 0 Å². The maximum absolute atomic E-state index is 13.3. The Morgan fingerprint density at radius 1 is 1.12 bits per heavy atom. The lowest BCUT2D eigenvalue weighted by Crippen LogP contribution is -2.30. The number of hydrogen-bond donors (Lipinski definition) is 1. The number of aromatic nitrogens is 3. The van der Waals surface area contributed by atoms with E-state index < -0.39 is 0 Å².